The summed E-state index contributed by atoms with van der Waals surface area (Å²) in [5.41, 5.74) is 2.28. The molecule has 0 bridgehead atoms. The Morgan fingerprint density at radius 3 is 2.48 bits per heavy atom. The highest BCUT2D eigenvalue weighted by molar-refractivity contribution is 9.11. The lowest BCUT2D eigenvalue weighted by Crippen LogP contribution is -2.13. The smallest absolute Gasteiger partial charge is 0.256 e. The zero-order valence-corrected chi connectivity index (χ0v) is 15.3. The Morgan fingerprint density at radius 1 is 1.05 bits per heavy atom. The Morgan fingerprint density at radius 2 is 1.76 bits per heavy atom. The van der Waals surface area contributed by atoms with Crippen LogP contribution in [0, 0.1) is 0 Å². The number of nitrogens with one attached hydrogen (secondary N) is 2. The van der Waals surface area contributed by atoms with Crippen molar-refractivity contribution in [1.29, 1.82) is 0 Å². The average molecular weight is 473 g/mol. The summed E-state index contributed by atoms with van der Waals surface area (Å²) in [6.07, 6.45) is 1.83. The van der Waals surface area contributed by atoms with Crippen molar-refractivity contribution in [3.05, 3.63) is 61.6 Å². The third-order valence-corrected chi connectivity index (χ3v) is 4.79. The lowest BCUT2D eigenvalue weighted by atomic mass is 10.1. The minimum Gasteiger partial charge on any atom is -0.361 e. The van der Waals surface area contributed by atoms with Gasteiger partial charge in [0, 0.05) is 36.1 Å². The van der Waals surface area contributed by atoms with Crippen LogP contribution in [0.2, 0.25) is 0 Å². The van der Waals surface area contributed by atoms with E-state index in [0.29, 0.717) is 11.3 Å². The fraction of sp³-hybridized carbons (Fsp3) is 0. The molecule has 0 saturated heterocycles. The van der Waals surface area contributed by atoms with Crippen LogP contribution in [0.5, 0.6) is 0 Å². The Hall–Kier alpha value is -1.11. The van der Waals surface area contributed by atoms with Crippen LogP contribution in [0.25, 0.3) is 10.9 Å². The zero-order valence-electron chi connectivity index (χ0n) is 10.6. The summed E-state index contributed by atoms with van der Waals surface area (Å²) < 4.78 is 2.53. The first-order chi connectivity index (χ1) is 10.1. The van der Waals surface area contributed by atoms with Crippen molar-refractivity contribution in [3.8, 4) is 0 Å². The largest absolute Gasteiger partial charge is 0.361 e. The number of rotatable bonds is 2. The average Bonchev–Trinajstić information content (AvgIpc) is 2.90. The molecule has 106 valence electrons. The van der Waals surface area contributed by atoms with Gasteiger partial charge in [0.1, 0.15) is 0 Å². The first-order valence-corrected chi connectivity index (χ1v) is 8.46. The summed E-state index contributed by atoms with van der Waals surface area (Å²) in [7, 11) is 0. The van der Waals surface area contributed by atoms with Gasteiger partial charge in [0.15, 0.2) is 0 Å². The molecule has 2 aromatic carbocycles. The number of halogens is 3. The fourth-order valence-electron chi connectivity index (χ4n) is 2.13. The molecular formula is C15H9Br3N2O. The van der Waals surface area contributed by atoms with E-state index in [-0.39, 0.29) is 5.91 Å². The van der Waals surface area contributed by atoms with Crippen molar-refractivity contribution in [2.75, 3.05) is 5.32 Å². The lowest BCUT2D eigenvalue weighted by molar-refractivity contribution is 0.102. The van der Waals surface area contributed by atoms with Crippen molar-refractivity contribution in [3.63, 3.8) is 0 Å². The van der Waals surface area contributed by atoms with Crippen LogP contribution in [0.4, 0.5) is 5.69 Å². The number of hydrogen-bond donors (Lipinski definition) is 2. The van der Waals surface area contributed by atoms with Crippen molar-refractivity contribution in [2.45, 2.75) is 0 Å². The van der Waals surface area contributed by atoms with Gasteiger partial charge < -0.3 is 10.3 Å². The highest BCUT2D eigenvalue weighted by atomic mass is 79.9. The van der Waals surface area contributed by atoms with E-state index in [0.717, 1.165) is 24.3 Å². The predicted molar refractivity (Wildman–Crippen MR) is 95.8 cm³/mol. The molecule has 3 nitrogen and oxygen atoms in total. The molecule has 0 unspecified atom stereocenters. The van der Waals surface area contributed by atoms with Crippen LogP contribution < -0.4 is 5.32 Å². The molecule has 3 rings (SSSR count). The van der Waals surface area contributed by atoms with Gasteiger partial charge in [0.25, 0.3) is 5.91 Å². The highest BCUT2D eigenvalue weighted by Crippen LogP contribution is 2.34. The second-order valence-electron chi connectivity index (χ2n) is 4.44. The van der Waals surface area contributed by atoms with E-state index in [1.54, 1.807) is 0 Å². The molecule has 1 aromatic heterocycles. The standard InChI is InChI=1S/C15H9Br3N2O/c16-8-6-11(17)14(12(18)7-8)20-15(21)10-2-1-3-13-9(10)4-5-19-13/h1-7,19H,(H,20,21). The Bertz CT molecular complexity index is 819. The highest BCUT2D eigenvalue weighted by Gasteiger charge is 2.14. The number of amides is 1. The normalized spacial score (nSPS) is 10.8. The van der Waals surface area contributed by atoms with Gasteiger partial charge in [-0.1, -0.05) is 22.0 Å². The van der Waals surface area contributed by atoms with Crippen molar-refractivity contribution >= 4 is 70.3 Å². The Labute approximate surface area is 146 Å². The topological polar surface area (TPSA) is 44.9 Å². The second kappa shape index (κ2) is 5.94. The number of benzene rings is 2. The number of H-pyrrole nitrogens is 1. The second-order valence-corrected chi connectivity index (χ2v) is 7.07. The van der Waals surface area contributed by atoms with E-state index in [1.807, 2.05) is 42.6 Å². The van der Waals surface area contributed by atoms with Crippen LogP contribution >= 0.6 is 47.8 Å². The molecule has 1 heterocycles. The molecule has 0 saturated carbocycles. The van der Waals surface area contributed by atoms with Crippen LogP contribution in [-0.4, -0.2) is 10.9 Å². The Balaban J connectivity index is 1.99. The molecule has 0 radical (unpaired) electrons. The molecule has 0 fully saturated rings. The number of hydrogen-bond acceptors (Lipinski definition) is 1. The first kappa shape index (κ1) is 14.8. The molecule has 21 heavy (non-hydrogen) atoms. The van der Waals surface area contributed by atoms with Gasteiger partial charge in [-0.3, -0.25) is 4.79 Å². The minimum atomic E-state index is -0.149. The first-order valence-electron chi connectivity index (χ1n) is 6.08. The molecule has 0 aliphatic rings. The Kier molecular flexibility index (Phi) is 4.19. The number of carbonyl (C=O) groups excluding carboxylic acids is 1. The molecule has 0 atom stereocenters. The van der Waals surface area contributed by atoms with Crippen LogP contribution in [0.1, 0.15) is 10.4 Å². The van der Waals surface area contributed by atoms with Gasteiger partial charge in [-0.15, -0.1) is 0 Å². The van der Waals surface area contributed by atoms with Crippen LogP contribution in [-0.2, 0) is 0 Å². The predicted octanol–water partition coefficient (Wildman–Crippen LogP) is 5.71. The van der Waals surface area contributed by atoms with Gasteiger partial charge in [0.05, 0.1) is 5.69 Å². The van der Waals surface area contributed by atoms with Gasteiger partial charge in [0.2, 0.25) is 0 Å². The maximum atomic E-state index is 12.5. The van der Waals surface area contributed by atoms with Crippen LogP contribution in [0.3, 0.4) is 0 Å². The van der Waals surface area contributed by atoms with Gasteiger partial charge in [-0.25, -0.2) is 0 Å². The maximum absolute atomic E-state index is 12.5. The summed E-state index contributed by atoms with van der Waals surface area (Å²) in [5, 5.41) is 3.84. The third kappa shape index (κ3) is 2.93. The molecule has 0 spiro atoms. The summed E-state index contributed by atoms with van der Waals surface area (Å²) >= 11 is 10.3. The van der Waals surface area contributed by atoms with E-state index in [1.165, 1.54) is 0 Å². The van der Waals surface area contributed by atoms with E-state index in [4.69, 9.17) is 0 Å². The van der Waals surface area contributed by atoms with Crippen molar-refractivity contribution in [1.82, 2.24) is 4.98 Å². The van der Waals surface area contributed by atoms with Crippen LogP contribution in [0.15, 0.2) is 56.0 Å². The van der Waals surface area contributed by atoms with E-state index in [2.05, 4.69) is 58.1 Å². The molecule has 2 N–H and O–H groups in total. The quantitative estimate of drug-likeness (QED) is 0.493. The molecular weight excluding hydrogens is 464 g/mol. The summed E-state index contributed by atoms with van der Waals surface area (Å²) in [5.74, 6) is -0.149. The summed E-state index contributed by atoms with van der Waals surface area (Å²) in [6, 6.07) is 11.3. The molecule has 6 heteroatoms. The van der Waals surface area contributed by atoms with Crippen molar-refractivity contribution < 1.29 is 4.79 Å². The lowest BCUT2D eigenvalue weighted by Gasteiger charge is -2.11. The number of fused-ring (bicyclic) bond motifs is 1. The number of carbonyl (C=O) groups is 1. The molecule has 0 aliphatic heterocycles. The SMILES string of the molecule is O=C(Nc1c(Br)cc(Br)cc1Br)c1cccc2[nH]ccc12. The van der Waals surface area contributed by atoms with E-state index in [9.17, 15) is 4.79 Å². The van der Waals surface area contributed by atoms with Crippen molar-refractivity contribution in [2.24, 2.45) is 0 Å². The molecule has 3 aromatic rings. The molecule has 1 amide bonds. The fourth-order valence-corrected chi connectivity index (χ4v) is 4.58. The monoisotopic (exact) mass is 470 g/mol. The third-order valence-electron chi connectivity index (χ3n) is 3.08. The molecule has 0 aliphatic carbocycles. The van der Waals surface area contributed by atoms with E-state index >= 15 is 0 Å². The summed E-state index contributed by atoms with van der Waals surface area (Å²) in [6.45, 7) is 0. The maximum Gasteiger partial charge on any atom is 0.256 e. The summed E-state index contributed by atoms with van der Waals surface area (Å²) in [4.78, 5) is 15.6. The minimum absolute atomic E-state index is 0.149. The van der Waals surface area contributed by atoms with Gasteiger partial charge >= 0.3 is 0 Å². The number of anilines is 1. The zero-order chi connectivity index (χ0) is 15.0. The number of aromatic amines is 1. The van der Waals surface area contributed by atoms with E-state index < -0.39 is 0 Å². The number of aromatic nitrogens is 1. The van der Waals surface area contributed by atoms with Gasteiger partial charge in [-0.05, 0) is 62.2 Å². The van der Waals surface area contributed by atoms with Gasteiger partial charge in [-0.2, -0.15) is 0 Å².